The predicted molar refractivity (Wildman–Crippen MR) is 94.4 cm³/mol. The van der Waals surface area contributed by atoms with Gasteiger partial charge in [0.05, 0.1) is 13.2 Å². The number of nitrogens with one attached hydrogen (secondary N) is 1. The molecule has 0 saturated carbocycles. The summed E-state index contributed by atoms with van der Waals surface area (Å²) in [5.41, 5.74) is 7.42. The van der Waals surface area contributed by atoms with Crippen molar-refractivity contribution in [3.05, 3.63) is 28.3 Å². The number of ether oxygens (including phenoxy) is 2. The topological polar surface area (TPSA) is 131 Å². The van der Waals surface area contributed by atoms with Gasteiger partial charge < -0.3 is 30.7 Å². The zero-order chi connectivity index (χ0) is 19.2. The van der Waals surface area contributed by atoms with E-state index in [1.807, 2.05) is 26.0 Å². The second-order valence-corrected chi connectivity index (χ2v) is 5.36. The van der Waals surface area contributed by atoms with Crippen LogP contribution in [0.2, 0.25) is 5.02 Å². The fraction of sp³-hybridized carbons (Fsp3) is 0.500. The lowest BCUT2D eigenvalue weighted by Gasteiger charge is -2.10. The Labute approximate surface area is 151 Å². The van der Waals surface area contributed by atoms with Crippen molar-refractivity contribution in [3.63, 3.8) is 0 Å². The first-order valence-corrected chi connectivity index (χ1v) is 8.01. The number of aliphatic carboxylic acids is 2. The summed E-state index contributed by atoms with van der Waals surface area (Å²) in [6, 6.07) is 3.89. The van der Waals surface area contributed by atoms with Gasteiger partial charge in [0.1, 0.15) is 12.4 Å². The minimum Gasteiger partial charge on any atom is -0.491 e. The van der Waals surface area contributed by atoms with Crippen LogP contribution in [0.5, 0.6) is 5.75 Å². The Bertz CT molecular complexity index is 518. The number of halogens is 1. The number of carbonyl (C=O) groups is 2. The Hall–Kier alpha value is -1.87. The number of carboxylic acids is 2. The summed E-state index contributed by atoms with van der Waals surface area (Å²) in [6.45, 7) is 8.02. The second kappa shape index (κ2) is 13.4. The third-order valence-corrected chi connectivity index (χ3v) is 3.43. The van der Waals surface area contributed by atoms with Crippen molar-refractivity contribution in [2.75, 3.05) is 39.5 Å². The number of nitrogens with two attached hydrogens (primary N) is 1. The van der Waals surface area contributed by atoms with Crippen LogP contribution in [0.3, 0.4) is 0 Å². The number of benzene rings is 1. The summed E-state index contributed by atoms with van der Waals surface area (Å²) >= 11 is 6.10. The van der Waals surface area contributed by atoms with Crippen molar-refractivity contribution in [1.29, 1.82) is 0 Å². The Morgan fingerprint density at radius 1 is 1.08 bits per heavy atom. The highest BCUT2D eigenvalue weighted by Crippen LogP contribution is 2.25. The van der Waals surface area contributed by atoms with E-state index in [1.165, 1.54) is 0 Å². The van der Waals surface area contributed by atoms with Crippen LogP contribution in [0.15, 0.2) is 12.1 Å². The molecule has 0 saturated heterocycles. The van der Waals surface area contributed by atoms with Crippen molar-refractivity contribution < 1.29 is 29.3 Å². The van der Waals surface area contributed by atoms with Gasteiger partial charge in [-0.3, -0.25) is 0 Å². The first-order chi connectivity index (χ1) is 11.8. The molecule has 0 amide bonds. The van der Waals surface area contributed by atoms with Crippen molar-refractivity contribution in [2.24, 2.45) is 5.73 Å². The van der Waals surface area contributed by atoms with Crippen LogP contribution in [0, 0.1) is 13.8 Å². The molecular weight excluding hydrogens is 352 g/mol. The maximum atomic E-state index is 9.10. The van der Waals surface area contributed by atoms with Crippen molar-refractivity contribution in [3.8, 4) is 5.75 Å². The van der Waals surface area contributed by atoms with E-state index in [4.69, 9.17) is 46.6 Å². The Morgan fingerprint density at radius 2 is 1.64 bits per heavy atom. The van der Waals surface area contributed by atoms with Gasteiger partial charge in [0.25, 0.3) is 0 Å². The molecule has 1 rings (SSSR count). The summed E-state index contributed by atoms with van der Waals surface area (Å²) in [7, 11) is 0. The smallest absolute Gasteiger partial charge is 0.414 e. The monoisotopic (exact) mass is 376 g/mol. The average Bonchev–Trinajstić information content (AvgIpc) is 2.55. The Balaban J connectivity index is 0.000000823. The van der Waals surface area contributed by atoms with E-state index in [0.29, 0.717) is 26.4 Å². The van der Waals surface area contributed by atoms with Gasteiger partial charge in [-0.05, 0) is 37.1 Å². The molecule has 9 heteroatoms. The standard InChI is InChI=1S/C14H23ClN2O2.C2H2O4/c1-11-9-13(10-12(2)14(11)15)19-8-7-18-6-5-17-4-3-16;3-1(4)2(5)6/h9-10,17H,3-8,16H2,1-2H3;(H,3,4)(H,5,6). The van der Waals surface area contributed by atoms with Gasteiger partial charge in [-0.2, -0.15) is 0 Å². The maximum Gasteiger partial charge on any atom is 0.414 e. The molecule has 5 N–H and O–H groups in total. The van der Waals surface area contributed by atoms with E-state index >= 15 is 0 Å². The van der Waals surface area contributed by atoms with Crippen LogP contribution >= 0.6 is 11.6 Å². The van der Waals surface area contributed by atoms with E-state index in [9.17, 15) is 0 Å². The molecule has 0 bridgehead atoms. The molecule has 0 radical (unpaired) electrons. The summed E-state index contributed by atoms with van der Waals surface area (Å²) < 4.78 is 11.1. The minimum absolute atomic E-state index is 0.539. The highest BCUT2D eigenvalue weighted by Gasteiger charge is 2.04. The quantitative estimate of drug-likeness (QED) is 0.371. The van der Waals surface area contributed by atoms with E-state index in [-0.39, 0.29) is 0 Å². The summed E-state index contributed by atoms with van der Waals surface area (Å²) in [4.78, 5) is 18.2. The van der Waals surface area contributed by atoms with Crippen molar-refractivity contribution >= 4 is 23.5 Å². The molecule has 142 valence electrons. The van der Waals surface area contributed by atoms with Gasteiger partial charge in [-0.15, -0.1) is 0 Å². The van der Waals surface area contributed by atoms with Crippen LogP contribution in [0.1, 0.15) is 11.1 Å². The van der Waals surface area contributed by atoms with Gasteiger partial charge in [0.2, 0.25) is 0 Å². The second-order valence-electron chi connectivity index (χ2n) is 4.98. The van der Waals surface area contributed by atoms with E-state index < -0.39 is 11.9 Å². The highest BCUT2D eigenvalue weighted by atomic mass is 35.5. The first-order valence-electron chi connectivity index (χ1n) is 7.63. The van der Waals surface area contributed by atoms with Crippen molar-refractivity contribution in [2.45, 2.75) is 13.8 Å². The Kier molecular flexibility index (Phi) is 12.4. The lowest BCUT2D eigenvalue weighted by Crippen LogP contribution is -2.26. The molecule has 0 unspecified atom stereocenters. The van der Waals surface area contributed by atoms with Gasteiger partial charge >= 0.3 is 11.9 Å². The predicted octanol–water partition coefficient (Wildman–Crippen LogP) is 1.06. The molecule has 1 aromatic rings. The molecule has 1 aromatic carbocycles. The first kappa shape index (κ1) is 23.1. The summed E-state index contributed by atoms with van der Waals surface area (Å²) in [5.74, 6) is -2.81. The largest absolute Gasteiger partial charge is 0.491 e. The number of hydrogen-bond acceptors (Lipinski definition) is 6. The molecule has 0 aliphatic heterocycles. The molecule has 0 heterocycles. The SMILES string of the molecule is Cc1cc(OCCOCCNCCN)cc(C)c1Cl.O=C(O)C(=O)O. The van der Waals surface area contributed by atoms with Crippen LogP contribution < -0.4 is 15.8 Å². The van der Waals surface area contributed by atoms with Crippen LogP contribution in [0.25, 0.3) is 0 Å². The highest BCUT2D eigenvalue weighted by molar-refractivity contribution is 6.32. The number of rotatable bonds is 9. The zero-order valence-electron chi connectivity index (χ0n) is 14.4. The lowest BCUT2D eigenvalue weighted by molar-refractivity contribution is -0.159. The normalized spacial score (nSPS) is 9.92. The third-order valence-electron chi connectivity index (χ3n) is 2.83. The molecule has 0 fully saturated rings. The van der Waals surface area contributed by atoms with Gasteiger partial charge in [-0.25, -0.2) is 9.59 Å². The average molecular weight is 377 g/mol. The Morgan fingerprint density at radius 3 is 2.12 bits per heavy atom. The molecule has 0 aromatic heterocycles. The fourth-order valence-corrected chi connectivity index (χ4v) is 1.79. The minimum atomic E-state index is -1.82. The number of aryl methyl sites for hydroxylation is 2. The molecule has 0 spiro atoms. The number of carboxylic acid groups (broad SMARTS) is 2. The molecule has 0 aliphatic rings. The van der Waals surface area contributed by atoms with Gasteiger partial charge in [-0.1, -0.05) is 11.6 Å². The third kappa shape index (κ3) is 11.3. The van der Waals surface area contributed by atoms with Crippen LogP contribution in [-0.4, -0.2) is 61.6 Å². The zero-order valence-corrected chi connectivity index (χ0v) is 15.1. The van der Waals surface area contributed by atoms with Crippen LogP contribution in [0.4, 0.5) is 0 Å². The molecule has 0 aliphatic carbocycles. The maximum absolute atomic E-state index is 9.10. The number of hydrogen-bond donors (Lipinski definition) is 4. The van der Waals surface area contributed by atoms with Crippen LogP contribution in [-0.2, 0) is 14.3 Å². The summed E-state index contributed by atoms with van der Waals surface area (Å²) in [5, 5.41) is 18.7. The van der Waals surface area contributed by atoms with E-state index in [1.54, 1.807) is 0 Å². The lowest BCUT2D eigenvalue weighted by atomic mass is 10.1. The summed E-state index contributed by atoms with van der Waals surface area (Å²) in [6.07, 6.45) is 0. The van der Waals surface area contributed by atoms with Gasteiger partial charge in [0.15, 0.2) is 0 Å². The van der Waals surface area contributed by atoms with Gasteiger partial charge in [0, 0.05) is 24.7 Å². The van der Waals surface area contributed by atoms with E-state index in [2.05, 4.69) is 5.32 Å². The fourth-order valence-electron chi connectivity index (χ4n) is 1.68. The van der Waals surface area contributed by atoms with E-state index in [0.717, 1.165) is 35.0 Å². The molecule has 8 nitrogen and oxygen atoms in total. The molecular formula is C16H25ClN2O6. The molecule has 0 atom stereocenters. The molecule has 25 heavy (non-hydrogen) atoms. The van der Waals surface area contributed by atoms with Crippen molar-refractivity contribution in [1.82, 2.24) is 5.32 Å².